The van der Waals surface area contributed by atoms with Gasteiger partial charge in [0.15, 0.2) is 0 Å². The molecule has 0 saturated carbocycles. The zero-order chi connectivity index (χ0) is 34.5. The summed E-state index contributed by atoms with van der Waals surface area (Å²) >= 11 is 0. The molecular weight excluding hydrogens is 614 g/mol. The standard InChI is InChI=1S/C37H49N3O8/c1-36(2,3)48-35(44)39-22-25(21-26(23-39)33(42)40-19-12-15-29(40)34(43)46-5)32(41)38-24-37(18-10-11-20-45-4)27-13-6-8-16-30(27)47-31-17-9-7-14-28(31)37/h6-9,13-14,16-17,25-26,29H,10-12,15,18-24H2,1-5H3,(H,38,41)/t25-,26+,29+/m0/s1. The van der Waals surface area contributed by atoms with Crippen molar-refractivity contribution in [2.24, 2.45) is 11.8 Å². The van der Waals surface area contributed by atoms with E-state index in [4.69, 9.17) is 18.9 Å². The van der Waals surface area contributed by atoms with Crippen LogP contribution in [0.25, 0.3) is 0 Å². The lowest BCUT2D eigenvalue weighted by Crippen LogP contribution is -2.55. The van der Waals surface area contributed by atoms with E-state index < -0.39 is 41.0 Å². The van der Waals surface area contributed by atoms with Crippen molar-refractivity contribution in [1.82, 2.24) is 15.1 Å². The van der Waals surface area contributed by atoms with Crippen molar-refractivity contribution >= 4 is 23.9 Å². The zero-order valence-electron chi connectivity index (χ0n) is 28.8. The van der Waals surface area contributed by atoms with Gasteiger partial charge in [-0.05, 0) is 71.4 Å². The lowest BCUT2D eigenvalue weighted by atomic mass is 9.69. The van der Waals surface area contributed by atoms with Gasteiger partial charge in [0.2, 0.25) is 11.8 Å². The van der Waals surface area contributed by atoms with Gasteiger partial charge in [-0.15, -0.1) is 0 Å². The number of hydrogen-bond acceptors (Lipinski definition) is 8. The fraction of sp³-hybridized carbons (Fsp3) is 0.568. The molecule has 0 aliphatic carbocycles. The van der Waals surface area contributed by atoms with Gasteiger partial charge in [-0.25, -0.2) is 9.59 Å². The molecular formula is C37H49N3O8. The smallest absolute Gasteiger partial charge is 0.410 e. The third-order valence-electron chi connectivity index (χ3n) is 9.62. The topological polar surface area (TPSA) is 124 Å². The average molecular weight is 664 g/mol. The number of unbranched alkanes of at least 4 members (excludes halogenated alkanes) is 1. The maximum Gasteiger partial charge on any atom is 0.410 e. The molecule has 0 unspecified atom stereocenters. The quantitative estimate of drug-likeness (QED) is 0.277. The number of ether oxygens (including phenoxy) is 4. The second-order valence-corrected chi connectivity index (χ2v) is 14.1. The molecule has 1 N–H and O–H groups in total. The molecule has 3 atom stereocenters. The number of nitrogens with zero attached hydrogens (tertiary/aromatic N) is 2. The van der Waals surface area contributed by atoms with Gasteiger partial charge in [0, 0.05) is 56.4 Å². The fourth-order valence-electron chi connectivity index (χ4n) is 7.36. The first-order valence-electron chi connectivity index (χ1n) is 17.0. The summed E-state index contributed by atoms with van der Waals surface area (Å²) in [5.74, 6) is -0.803. The van der Waals surface area contributed by atoms with Crippen molar-refractivity contribution in [3.8, 4) is 11.5 Å². The third kappa shape index (κ3) is 7.61. The summed E-state index contributed by atoms with van der Waals surface area (Å²) in [6, 6.07) is 15.2. The Morgan fingerprint density at radius 3 is 2.21 bits per heavy atom. The number of para-hydroxylation sites is 2. The Morgan fingerprint density at radius 2 is 1.58 bits per heavy atom. The van der Waals surface area contributed by atoms with E-state index in [0.29, 0.717) is 32.5 Å². The van der Waals surface area contributed by atoms with Crippen LogP contribution in [0.1, 0.15) is 70.4 Å². The molecule has 3 aliphatic rings. The highest BCUT2D eigenvalue weighted by molar-refractivity contribution is 5.88. The number of benzene rings is 2. The van der Waals surface area contributed by atoms with Crippen LogP contribution < -0.4 is 10.1 Å². The number of rotatable bonds is 10. The molecule has 2 aromatic carbocycles. The van der Waals surface area contributed by atoms with E-state index in [-0.39, 0.29) is 31.3 Å². The summed E-state index contributed by atoms with van der Waals surface area (Å²) in [4.78, 5) is 57.0. The zero-order valence-corrected chi connectivity index (χ0v) is 28.8. The summed E-state index contributed by atoms with van der Waals surface area (Å²) in [6.45, 7) is 6.91. The molecule has 3 amide bonds. The number of fused-ring (bicyclic) bond motifs is 2. The summed E-state index contributed by atoms with van der Waals surface area (Å²) < 4.78 is 22.3. The maximum absolute atomic E-state index is 14.2. The monoisotopic (exact) mass is 663 g/mol. The van der Waals surface area contributed by atoms with Crippen LogP contribution in [-0.2, 0) is 34.0 Å². The molecule has 11 nitrogen and oxygen atoms in total. The van der Waals surface area contributed by atoms with Crippen LogP contribution >= 0.6 is 0 Å². The predicted octanol–water partition coefficient (Wildman–Crippen LogP) is 5.05. The average Bonchev–Trinajstić information content (AvgIpc) is 3.57. The summed E-state index contributed by atoms with van der Waals surface area (Å²) in [5, 5.41) is 3.25. The Hall–Kier alpha value is -4.12. The molecule has 0 bridgehead atoms. The van der Waals surface area contributed by atoms with Crippen molar-refractivity contribution in [3.05, 3.63) is 59.7 Å². The molecule has 0 radical (unpaired) electrons. The first-order valence-corrected chi connectivity index (χ1v) is 17.0. The Bertz CT molecular complexity index is 1440. The van der Waals surface area contributed by atoms with Crippen molar-refractivity contribution < 1.29 is 38.1 Å². The number of nitrogens with one attached hydrogen (secondary N) is 1. The number of methoxy groups -OCH3 is 2. The van der Waals surface area contributed by atoms with Gasteiger partial charge in [-0.2, -0.15) is 0 Å². The largest absolute Gasteiger partial charge is 0.467 e. The molecule has 0 aromatic heterocycles. The van der Waals surface area contributed by atoms with E-state index in [1.165, 1.54) is 12.0 Å². The number of carbonyl (C=O) groups is 4. The molecule has 5 rings (SSSR count). The number of esters is 1. The second kappa shape index (κ2) is 15.0. The van der Waals surface area contributed by atoms with E-state index in [1.54, 1.807) is 32.8 Å². The highest BCUT2D eigenvalue weighted by Gasteiger charge is 2.45. The highest BCUT2D eigenvalue weighted by atomic mass is 16.6. The SMILES string of the molecule is COCCCCC1(CNC(=O)[C@H]2C[C@@H](C(=O)N3CCC[C@@H]3C(=O)OC)CN(C(=O)OC(C)(C)C)C2)c2ccccc2Oc2ccccc21. The maximum atomic E-state index is 14.2. The van der Waals surface area contributed by atoms with Crippen LogP contribution in [0.2, 0.25) is 0 Å². The Labute approximate surface area is 283 Å². The lowest BCUT2D eigenvalue weighted by Gasteiger charge is -2.42. The van der Waals surface area contributed by atoms with E-state index >= 15 is 0 Å². The van der Waals surface area contributed by atoms with Gasteiger partial charge in [-0.3, -0.25) is 9.59 Å². The molecule has 2 fully saturated rings. The normalized spacial score (nSPS) is 21.4. The number of piperidine rings is 1. The Balaban J connectivity index is 1.42. The lowest BCUT2D eigenvalue weighted by molar-refractivity contribution is -0.153. The number of amides is 3. The molecule has 2 saturated heterocycles. The van der Waals surface area contributed by atoms with Crippen LogP contribution in [0.3, 0.4) is 0 Å². The van der Waals surface area contributed by atoms with E-state index in [9.17, 15) is 19.2 Å². The molecule has 260 valence electrons. The van der Waals surface area contributed by atoms with Gasteiger partial charge < -0.3 is 34.1 Å². The van der Waals surface area contributed by atoms with Crippen LogP contribution in [0, 0.1) is 11.8 Å². The Kier molecular flexibility index (Phi) is 11.0. The number of likely N-dealkylation sites (tertiary alicyclic amines) is 2. The van der Waals surface area contributed by atoms with Gasteiger partial charge in [0.05, 0.1) is 18.9 Å². The number of carbonyl (C=O) groups excluding carboxylic acids is 4. The molecule has 3 aliphatic heterocycles. The van der Waals surface area contributed by atoms with Crippen LogP contribution in [0.15, 0.2) is 48.5 Å². The highest BCUT2D eigenvalue weighted by Crippen LogP contribution is 2.50. The molecule has 3 heterocycles. The predicted molar refractivity (Wildman–Crippen MR) is 179 cm³/mol. The van der Waals surface area contributed by atoms with Gasteiger partial charge >= 0.3 is 12.1 Å². The fourth-order valence-corrected chi connectivity index (χ4v) is 7.36. The summed E-state index contributed by atoms with van der Waals surface area (Å²) in [5.41, 5.74) is 0.663. The molecule has 2 aromatic rings. The number of hydrogen-bond donors (Lipinski definition) is 1. The van der Waals surface area contributed by atoms with Crippen molar-refractivity contribution in [1.29, 1.82) is 0 Å². The minimum absolute atomic E-state index is 0.101. The first-order chi connectivity index (χ1) is 23.0. The first kappa shape index (κ1) is 35.2. The minimum Gasteiger partial charge on any atom is -0.467 e. The van der Waals surface area contributed by atoms with Crippen LogP contribution in [0.4, 0.5) is 4.79 Å². The van der Waals surface area contributed by atoms with E-state index in [1.807, 2.05) is 36.4 Å². The second-order valence-electron chi connectivity index (χ2n) is 14.1. The van der Waals surface area contributed by atoms with Crippen molar-refractivity contribution in [3.63, 3.8) is 0 Å². The molecule has 11 heteroatoms. The van der Waals surface area contributed by atoms with Gasteiger partial charge in [-0.1, -0.05) is 36.4 Å². The van der Waals surface area contributed by atoms with Crippen LogP contribution in [-0.4, -0.2) is 92.3 Å². The third-order valence-corrected chi connectivity index (χ3v) is 9.62. The van der Waals surface area contributed by atoms with Crippen LogP contribution in [0.5, 0.6) is 11.5 Å². The molecule has 48 heavy (non-hydrogen) atoms. The van der Waals surface area contributed by atoms with Crippen molar-refractivity contribution in [2.75, 3.05) is 47.0 Å². The molecule has 0 spiro atoms. The van der Waals surface area contributed by atoms with Crippen molar-refractivity contribution in [2.45, 2.75) is 76.4 Å². The Morgan fingerprint density at radius 1 is 0.938 bits per heavy atom. The van der Waals surface area contributed by atoms with Gasteiger partial charge in [0.25, 0.3) is 0 Å². The summed E-state index contributed by atoms with van der Waals surface area (Å²) in [7, 11) is 3.01. The summed E-state index contributed by atoms with van der Waals surface area (Å²) in [6.07, 6.45) is 3.32. The van der Waals surface area contributed by atoms with E-state index in [0.717, 1.165) is 41.9 Å². The van der Waals surface area contributed by atoms with E-state index in [2.05, 4.69) is 17.4 Å². The minimum atomic E-state index is -0.754. The van der Waals surface area contributed by atoms with Gasteiger partial charge in [0.1, 0.15) is 23.1 Å².